The molecule has 0 saturated heterocycles. The largest absolute Gasteiger partial charge is 0.316 e. The lowest BCUT2D eigenvalue weighted by molar-refractivity contribution is 0.280. The number of benzene rings is 2. The molecule has 0 saturated carbocycles. The first-order valence-electron chi connectivity index (χ1n) is 7.24. The van der Waals surface area contributed by atoms with Crippen LogP contribution in [0.2, 0.25) is 0 Å². The lowest BCUT2D eigenvalue weighted by atomic mass is 10.1. The lowest BCUT2D eigenvalue weighted by Crippen LogP contribution is -2.31. The van der Waals surface area contributed by atoms with Gasteiger partial charge in [-0.3, -0.25) is 4.90 Å². The Bertz CT molecular complexity index is 507. The van der Waals surface area contributed by atoms with Crippen molar-refractivity contribution in [3.63, 3.8) is 0 Å². The highest BCUT2D eigenvalue weighted by atomic mass is 15.1. The summed E-state index contributed by atoms with van der Waals surface area (Å²) in [5.41, 5.74) is 1.40. The molecule has 0 aliphatic heterocycles. The van der Waals surface area contributed by atoms with Crippen molar-refractivity contribution in [1.82, 2.24) is 10.2 Å². The van der Waals surface area contributed by atoms with Gasteiger partial charge < -0.3 is 5.32 Å². The summed E-state index contributed by atoms with van der Waals surface area (Å²) in [6.07, 6.45) is 0. The maximum absolute atomic E-state index is 3.39. The lowest BCUT2D eigenvalue weighted by Gasteiger charge is -2.20. The highest BCUT2D eigenvalue weighted by Crippen LogP contribution is 2.16. The highest BCUT2D eigenvalue weighted by Gasteiger charge is 2.04. The standard InChI is InChI=1S/C17H24N2/c1-3-18-11-12-19(4-2)14-15-9-10-16-7-5-6-8-17(16)13-15/h5-10,13,18H,3-4,11-12,14H2,1-2H3. The van der Waals surface area contributed by atoms with Crippen LogP contribution in [0.5, 0.6) is 0 Å². The molecule has 0 aliphatic rings. The first-order valence-corrected chi connectivity index (χ1v) is 7.24. The molecule has 2 heteroatoms. The fourth-order valence-corrected chi connectivity index (χ4v) is 2.36. The minimum absolute atomic E-state index is 1.03. The van der Waals surface area contributed by atoms with E-state index in [2.05, 4.69) is 66.5 Å². The van der Waals surface area contributed by atoms with Crippen LogP contribution < -0.4 is 5.32 Å². The van der Waals surface area contributed by atoms with E-state index in [0.717, 1.165) is 32.7 Å². The molecular formula is C17H24N2. The Labute approximate surface area is 116 Å². The van der Waals surface area contributed by atoms with E-state index in [-0.39, 0.29) is 0 Å². The van der Waals surface area contributed by atoms with Gasteiger partial charge in [-0.1, -0.05) is 50.2 Å². The maximum atomic E-state index is 3.39. The van der Waals surface area contributed by atoms with Crippen molar-refractivity contribution in [3.05, 3.63) is 48.0 Å². The van der Waals surface area contributed by atoms with Crippen LogP contribution in [0.4, 0.5) is 0 Å². The van der Waals surface area contributed by atoms with Crippen molar-refractivity contribution in [2.45, 2.75) is 20.4 Å². The van der Waals surface area contributed by atoms with Crippen LogP contribution in [0.1, 0.15) is 19.4 Å². The van der Waals surface area contributed by atoms with Crippen molar-refractivity contribution in [2.24, 2.45) is 0 Å². The van der Waals surface area contributed by atoms with Gasteiger partial charge in [0.15, 0.2) is 0 Å². The summed E-state index contributed by atoms with van der Waals surface area (Å²) in [6, 6.07) is 15.3. The van der Waals surface area contributed by atoms with E-state index in [1.807, 2.05) is 0 Å². The second-order valence-electron chi connectivity index (χ2n) is 4.90. The fourth-order valence-electron chi connectivity index (χ4n) is 2.36. The second kappa shape index (κ2) is 7.27. The van der Waals surface area contributed by atoms with E-state index < -0.39 is 0 Å². The molecule has 1 N–H and O–H groups in total. The molecule has 102 valence electrons. The van der Waals surface area contributed by atoms with E-state index >= 15 is 0 Å². The molecule has 0 unspecified atom stereocenters. The number of hydrogen-bond acceptors (Lipinski definition) is 2. The topological polar surface area (TPSA) is 15.3 Å². The zero-order valence-corrected chi connectivity index (χ0v) is 12.0. The monoisotopic (exact) mass is 256 g/mol. The molecule has 0 aromatic heterocycles. The summed E-state index contributed by atoms with van der Waals surface area (Å²) in [7, 11) is 0. The van der Waals surface area contributed by atoms with Crippen molar-refractivity contribution in [1.29, 1.82) is 0 Å². The summed E-state index contributed by atoms with van der Waals surface area (Å²) in [4.78, 5) is 2.48. The minimum atomic E-state index is 1.03. The van der Waals surface area contributed by atoms with E-state index in [9.17, 15) is 0 Å². The van der Waals surface area contributed by atoms with Crippen molar-refractivity contribution in [2.75, 3.05) is 26.2 Å². The predicted octanol–water partition coefficient (Wildman–Crippen LogP) is 3.27. The number of fused-ring (bicyclic) bond motifs is 1. The van der Waals surface area contributed by atoms with Crippen molar-refractivity contribution >= 4 is 10.8 Å². The van der Waals surface area contributed by atoms with Gasteiger partial charge in [0.25, 0.3) is 0 Å². The summed E-state index contributed by atoms with van der Waals surface area (Å²) < 4.78 is 0. The third-order valence-corrected chi connectivity index (χ3v) is 3.52. The molecule has 2 aromatic carbocycles. The van der Waals surface area contributed by atoms with Gasteiger partial charge in [0.05, 0.1) is 0 Å². The first kappa shape index (κ1) is 14.0. The number of rotatable bonds is 7. The molecule has 19 heavy (non-hydrogen) atoms. The SMILES string of the molecule is CCNCCN(CC)Cc1ccc2ccccc2c1. The molecule has 0 bridgehead atoms. The Kier molecular flexibility index (Phi) is 5.37. The Morgan fingerprint density at radius 1 is 1.00 bits per heavy atom. The zero-order valence-electron chi connectivity index (χ0n) is 12.0. The zero-order chi connectivity index (χ0) is 13.5. The summed E-state index contributed by atoms with van der Waals surface area (Å²) >= 11 is 0. The van der Waals surface area contributed by atoms with Crippen LogP contribution >= 0.6 is 0 Å². The van der Waals surface area contributed by atoms with Gasteiger partial charge in [0.2, 0.25) is 0 Å². The molecule has 0 amide bonds. The van der Waals surface area contributed by atoms with Crippen LogP contribution in [0.3, 0.4) is 0 Å². The molecule has 0 fully saturated rings. The first-order chi connectivity index (χ1) is 9.33. The molecule has 2 aromatic rings. The Balaban J connectivity index is 2.02. The van der Waals surface area contributed by atoms with E-state index in [0.29, 0.717) is 0 Å². The molecule has 0 heterocycles. The number of hydrogen-bond donors (Lipinski definition) is 1. The van der Waals surface area contributed by atoms with E-state index in [4.69, 9.17) is 0 Å². The van der Waals surface area contributed by atoms with Crippen molar-refractivity contribution < 1.29 is 0 Å². The van der Waals surface area contributed by atoms with Gasteiger partial charge in [-0.05, 0) is 35.5 Å². The summed E-state index contributed by atoms with van der Waals surface area (Å²) in [6.45, 7) is 9.74. The third-order valence-electron chi connectivity index (χ3n) is 3.52. The Hall–Kier alpha value is -1.38. The maximum Gasteiger partial charge on any atom is 0.0234 e. The summed E-state index contributed by atoms with van der Waals surface area (Å²) in [5.74, 6) is 0. The van der Waals surface area contributed by atoms with Crippen LogP contribution in [0.25, 0.3) is 10.8 Å². The molecule has 0 aliphatic carbocycles. The summed E-state index contributed by atoms with van der Waals surface area (Å²) in [5, 5.41) is 6.04. The molecule has 2 nitrogen and oxygen atoms in total. The number of likely N-dealkylation sites (N-methyl/N-ethyl adjacent to an activating group) is 2. The minimum Gasteiger partial charge on any atom is -0.316 e. The van der Waals surface area contributed by atoms with Crippen LogP contribution in [0, 0.1) is 0 Å². The Morgan fingerprint density at radius 2 is 1.79 bits per heavy atom. The molecule has 2 rings (SSSR count). The van der Waals surface area contributed by atoms with Crippen LogP contribution in [-0.4, -0.2) is 31.1 Å². The average Bonchev–Trinajstić information content (AvgIpc) is 2.46. The van der Waals surface area contributed by atoms with E-state index in [1.165, 1.54) is 16.3 Å². The second-order valence-corrected chi connectivity index (χ2v) is 4.90. The smallest absolute Gasteiger partial charge is 0.0234 e. The normalized spacial score (nSPS) is 11.3. The van der Waals surface area contributed by atoms with Gasteiger partial charge >= 0.3 is 0 Å². The predicted molar refractivity (Wildman–Crippen MR) is 83.4 cm³/mol. The fraction of sp³-hybridized carbons (Fsp3) is 0.412. The van der Waals surface area contributed by atoms with Gasteiger partial charge in [-0.15, -0.1) is 0 Å². The molecule has 0 radical (unpaired) electrons. The average molecular weight is 256 g/mol. The Morgan fingerprint density at radius 3 is 2.53 bits per heavy atom. The van der Waals surface area contributed by atoms with Gasteiger partial charge in [-0.2, -0.15) is 0 Å². The molecule has 0 atom stereocenters. The third kappa shape index (κ3) is 4.05. The van der Waals surface area contributed by atoms with E-state index in [1.54, 1.807) is 0 Å². The van der Waals surface area contributed by atoms with Crippen molar-refractivity contribution in [3.8, 4) is 0 Å². The van der Waals surface area contributed by atoms with Crippen LogP contribution in [-0.2, 0) is 6.54 Å². The highest BCUT2D eigenvalue weighted by molar-refractivity contribution is 5.82. The van der Waals surface area contributed by atoms with Gasteiger partial charge in [0.1, 0.15) is 0 Å². The van der Waals surface area contributed by atoms with Gasteiger partial charge in [-0.25, -0.2) is 0 Å². The number of nitrogens with zero attached hydrogens (tertiary/aromatic N) is 1. The van der Waals surface area contributed by atoms with Crippen LogP contribution in [0.15, 0.2) is 42.5 Å². The molecule has 0 spiro atoms. The van der Waals surface area contributed by atoms with Gasteiger partial charge in [0, 0.05) is 19.6 Å². The molecular weight excluding hydrogens is 232 g/mol. The number of nitrogens with one attached hydrogen (secondary N) is 1. The quantitative estimate of drug-likeness (QED) is 0.765.